The van der Waals surface area contributed by atoms with Crippen molar-refractivity contribution < 1.29 is 27.6 Å². The summed E-state index contributed by atoms with van der Waals surface area (Å²) in [5.41, 5.74) is -2.11. The number of furan rings is 1. The molecule has 2 heterocycles. The molecule has 0 aliphatic carbocycles. The third-order valence-electron chi connectivity index (χ3n) is 4.08. The lowest BCUT2D eigenvalue weighted by Crippen LogP contribution is -2.43. The maximum Gasteiger partial charge on any atom is 0.325 e. The van der Waals surface area contributed by atoms with E-state index < -0.39 is 41.6 Å². The van der Waals surface area contributed by atoms with Gasteiger partial charge >= 0.3 is 6.03 Å². The van der Waals surface area contributed by atoms with Crippen molar-refractivity contribution in [2.75, 3.05) is 6.54 Å². The highest BCUT2D eigenvalue weighted by Crippen LogP contribution is 2.31. The first kappa shape index (κ1) is 17.6. The average Bonchev–Trinajstić information content (AvgIpc) is 3.18. The zero-order valence-corrected chi connectivity index (χ0v) is 13.7. The summed E-state index contributed by atoms with van der Waals surface area (Å²) in [6.07, 6.45) is 1.44. The number of amides is 4. The standard InChI is InChI=1S/C17H15F2N3O4/c1-17(12-7-10(18)4-5-13(12)19)15(24)22(16(25)21-17)9-14(23)20-8-11-3-2-6-26-11/h2-7H,8-9H2,1H3,(H,20,23)(H,21,25)/t17-/m0/s1. The van der Waals surface area contributed by atoms with E-state index in [0.717, 1.165) is 18.2 Å². The van der Waals surface area contributed by atoms with E-state index >= 15 is 0 Å². The zero-order valence-electron chi connectivity index (χ0n) is 13.7. The van der Waals surface area contributed by atoms with E-state index in [1.165, 1.54) is 13.2 Å². The van der Waals surface area contributed by atoms with Crippen molar-refractivity contribution in [3.63, 3.8) is 0 Å². The van der Waals surface area contributed by atoms with Crippen molar-refractivity contribution in [3.8, 4) is 0 Å². The van der Waals surface area contributed by atoms with Crippen LogP contribution >= 0.6 is 0 Å². The van der Waals surface area contributed by atoms with E-state index in [0.29, 0.717) is 10.7 Å². The molecular weight excluding hydrogens is 348 g/mol. The molecule has 1 fully saturated rings. The predicted molar refractivity (Wildman–Crippen MR) is 84.5 cm³/mol. The maximum absolute atomic E-state index is 14.1. The van der Waals surface area contributed by atoms with Gasteiger partial charge in [0.15, 0.2) is 0 Å². The highest BCUT2D eigenvalue weighted by Gasteiger charge is 2.50. The van der Waals surface area contributed by atoms with Gasteiger partial charge in [0.1, 0.15) is 29.5 Å². The molecule has 4 amide bonds. The highest BCUT2D eigenvalue weighted by atomic mass is 19.1. The largest absolute Gasteiger partial charge is 0.467 e. The fraction of sp³-hybridized carbons (Fsp3) is 0.235. The van der Waals surface area contributed by atoms with Gasteiger partial charge in [-0.2, -0.15) is 0 Å². The summed E-state index contributed by atoms with van der Waals surface area (Å²) < 4.78 is 32.6. The van der Waals surface area contributed by atoms with E-state index in [4.69, 9.17) is 4.42 Å². The molecule has 9 heteroatoms. The van der Waals surface area contributed by atoms with E-state index in [1.807, 2.05) is 0 Å². The van der Waals surface area contributed by atoms with Crippen LogP contribution in [-0.2, 0) is 21.7 Å². The van der Waals surface area contributed by atoms with Crippen LogP contribution in [-0.4, -0.2) is 29.3 Å². The van der Waals surface area contributed by atoms with Gasteiger partial charge in [-0.1, -0.05) is 0 Å². The van der Waals surface area contributed by atoms with E-state index in [-0.39, 0.29) is 12.1 Å². The first-order valence-corrected chi connectivity index (χ1v) is 7.70. The van der Waals surface area contributed by atoms with Gasteiger partial charge in [-0.25, -0.2) is 13.6 Å². The third-order valence-corrected chi connectivity index (χ3v) is 4.08. The molecule has 2 N–H and O–H groups in total. The van der Waals surface area contributed by atoms with Crippen LogP contribution in [0.1, 0.15) is 18.2 Å². The van der Waals surface area contributed by atoms with Crippen LogP contribution < -0.4 is 10.6 Å². The Morgan fingerprint density at radius 3 is 2.77 bits per heavy atom. The van der Waals surface area contributed by atoms with E-state index in [1.54, 1.807) is 12.1 Å². The van der Waals surface area contributed by atoms with Gasteiger partial charge in [0.2, 0.25) is 5.91 Å². The smallest absolute Gasteiger partial charge is 0.325 e. The number of urea groups is 1. The number of carbonyl (C=O) groups is 3. The Balaban J connectivity index is 1.74. The molecule has 1 saturated heterocycles. The maximum atomic E-state index is 14.1. The summed E-state index contributed by atoms with van der Waals surface area (Å²) in [5.74, 6) is -2.54. The first-order chi connectivity index (χ1) is 12.3. The summed E-state index contributed by atoms with van der Waals surface area (Å²) in [6, 6.07) is 5.05. The van der Waals surface area contributed by atoms with Crippen LogP contribution in [0.3, 0.4) is 0 Å². The van der Waals surface area contributed by atoms with Gasteiger partial charge in [-0.05, 0) is 37.3 Å². The SMILES string of the molecule is C[C@@]1(c2cc(F)ccc2F)NC(=O)N(CC(=O)NCc2ccco2)C1=O. The van der Waals surface area contributed by atoms with Gasteiger partial charge in [0.25, 0.3) is 5.91 Å². The minimum absolute atomic E-state index is 0.0886. The lowest BCUT2D eigenvalue weighted by Gasteiger charge is -2.22. The van der Waals surface area contributed by atoms with Gasteiger partial charge < -0.3 is 15.1 Å². The molecule has 0 saturated carbocycles. The Labute approximate surface area is 147 Å². The predicted octanol–water partition coefficient (Wildman–Crippen LogP) is 1.64. The van der Waals surface area contributed by atoms with Crippen LogP contribution in [0.5, 0.6) is 0 Å². The second-order valence-corrected chi connectivity index (χ2v) is 5.93. The number of carbonyl (C=O) groups excluding carboxylic acids is 3. The number of imide groups is 1. The fourth-order valence-corrected chi connectivity index (χ4v) is 2.70. The van der Waals surface area contributed by atoms with Crippen LogP contribution in [0.25, 0.3) is 0 Å². The van der Waals surface area contributed by atoms with Gasteiger partial charge in [-0.3, -0.25) is 14.5 Å². The van der Waals surface area contributed by atoms with Crippen LogP contribution in [0.2, 0.25) is 0 Å². The monoisotopic (exact) mass is 363 g/mol. The van der Waals surface area contributed by atoms with Crippen LogP contribution in [0.15, 0.2) is 41.0 Å². The molecule has 0 radical (unpaired) electrons. The molecule has 0 bridgehead atoms. The molecule has 1 aromatic heterocycles. The molecule has 1 aliphatic heterocycles. The quantitative estimate of drug-likeness (QED) is 0.790. The summed E-state index contributed by atoms with van der Waals surface area (Å²) in [6.45, 7) is 0.787. The Kier molecular flexibility index (Phi) is 4.45. The number of benzene rings is 1. The molecule has 1 aromatic carbocycles. The number of hydrogen-bond donors (Lipinski definition) is 2. The van der Waals surface area contributed by atoms with E-state index in [9.17, 15) is 23.2 Å². The second-order valence-electron chi connectivity index (χ2n) is 5.93. The molecule has 26 heavy (non-hydrogen) atoms. The average molecular weight is 363 g/mol. The van der Waals surface area contributed by atoms with E-state index in [2.05, 4.69) is 10.6 Å². The Morgan fingerprint density at radius 1 is 1.31 bits per heavy atom. The van der Waals surface area contributed by atoms with Crippen molar-refractivity contribution in [1.82, 2.24) is 15.5 Å². The molecule has 1 atom stereocenters. The molecule has 7 nitrogen and oxygen atoms in total. The van der Waals surface area contributed by atoms with Gasteiger partial charge in [0, 0.05) is 5.56 Å². The topological polar surface area (TPSA) is 91.7 Å². The van der Waals surface area contributed by atoms with Gasteiger partial charge in [-0.15, -0.1) is 0 Å². The van der Waals surface area contributed by atoms with Crippen LogP contribution in [0, 0.1) is 11.6 Å². The van der Waals surface area contributed by atoms with Crippen LogP contribution in [0.4, 0.5) is 13.6 Å². The number of nitrogens with one attached hydrogen (secondary N) is 2. The summed E-state index contributed by atoms with van der Waals surface area (Å²) in [5, 5.41) is 4.82. The lowest BCUT2D eigenvalue weighted by molar-refractivity contribution is -0.135. The molecule has 1 aliphatic rings. The summed E-state index contributed by atoms with van der Waals surface area (Å²) in [4.78, 5) is 37.4. The molecule has 0 unspecified atom stereocenters. The molecule has 0 spiro atoms. The molecular formula is C17H15F2N3O4. The minimum atomic E-state index is -1.80. The summed E-state index contributed by atoms with van der Waals surface area (Å²) >= 11 is 0. The number of hydrogen-bond acceptors (Lipinski definition) is 4. The Bertz CT molecular complexity index is 869. The molecule has 136 valence electrons. The molecule has 2 aromatic rings. The van der Waals surface area contributed by atoms with Crippen molar-refractivity contribution >= 4 is 17.8 Å². The Morgan fingerprint density at radius 2 is 2.08 bits per heavy atom. The minimum Gasteiger partial charge on any atom is -0.467 e. The van der Waals surface area contributed by atoms with Crippen molar-refractivity contribution in [1.29, 1.82) is 0 Å². The second kappa shape index (κ2) is 6.58. The zero-order chi connectivity index (χ0) is 18.9. The summed E-state index contributed by atoms with van der Waals surface area (Å²) in [7, 11) is 0. The normalized spacial score (nSPS) is 19.6. The van der Waals surface area contributed by atoms with Crippen molar-refractivity contribution in [2.45, 2.75) is 19.0 Å². The highest BCUT2D eigenvalue weighted by molar-refractivity contribution is 6.09. The molecule has 3 rings (SSSR count). The van der Waals surface area contributed by atoms with Gasteiger partial charge in [0.05, 0.1) is 12.8 Å². The number of rotatable bonds is 5. The van der Waals surface area contributed by atoms with Crippen molar-refractivity contribution in [3.05, 3.63) is 59.6 Å². The van der Waals surface area contributed by atoms with Crippen molar-refractivity contribution in [2.24, 2.45) is 0 Å². The fourth-order valence-electron chi connectivity index (χ4n) is 2.70. The number of nitrogens with zero attached hydrogens (tertiary/aromatic N) is 1. The first-order valence-electron chi connectivity index (χ1n) is 7.70. The third kappa shape index (κ3) is 3.15. The lowest BCUT2D eigenvalue weighted by atomic mass is 9.91. The number of halogens is 2. The Hall–Kier alpha value is -3.23.